The standard InChI is InChI=1S/C16H22N2O2.ClH/c19-16(15-11-20-10-9-17-15)18-14-8-4-7-13(14)12-5-2-1-3-6-12;/h1-3,5-6,13-15,17H,4,7-11H2,(H,18,19);1H. The number of hydrogen-bond acceptors (Lipinski definition) is 3. The first-order valence-corrected chi connectivity index (χ1v) is 7.51. The molecule has 1 saturated heterocycles. The lowest BCUT2D eigenvalue weighted by Gasteiger charge is -2.27. The molecule has 1 aromatic rings. The van der Waals surface area contributed by atoms with Gasteiger partial charge in [0.1, 0.15) is 6.04 Å². The molecule has 3 rings (SSSR count). The number of nitrogens with one attached hydrogen (secondary N) is 2. The van der Waals surface area contributed by atoms with Gasteiger partial charge in [0.05, 0.1) is 13.2 Å². The van der Waals surface area contributed by atoms with E-state index in [9.17, 15) is 4.79 Å². The Labute approximate surface area is 132 Å². The Kier molecular flexibility index (Phi) is 6.03. The largest absolute Gasteiger partial charge is 0.378 e. The number of carbonyl (C=O) groups excluding carboxylic acids is 1. The molecule has 0 bridgehead atoms. The Balaban J connectivity index is 0.00000161. The van der Waals surface area contributed by atoms with Crippen LogP contribution in [-0.4, -0.2) is 37.7 Å². The molecule has 4 nitrogen and oxygen atoms in total. The molecule has 1 heterocycles. The highest BCUT2D eigenvalue weighted by Gasteiger charge is 2.31. The third-order valence-electron chi connectivity index (χ3n) is 4.31. The van der Waals surface area contributed by atoms with Gasteiger partial charge in [-0.1, -0.05) is 36.8 Å². The van der Waals surface area contributed by atoms with Crippen LogP contribution in [0.4, 0.5) is 0 Å². The summed E-state index contributed by atoms with van der Waals surface area (Å²) >= 11 is 0. The summed E-state index contributed by atoms with van der Waals surface area (Å²) in [5.74, 6) is 0.530. The summed E-state index contributed by atoms with van der Waals surface area (Å²) in [7, 11) is 0. The molecule has 3 atom stereocenters. The van der Waals surface area contributed by atoms with Crippen LogP contribution in [0.5, 0.6) is 0 Å². The van der Waals surface area contributed by atoms with Crippen LogP contribution >= 0.6 is 12.4 Å². The predicted molar refractivity (Wildman–Crippen MR) is 84.8 cm³/mol. The van der Waals surface area contributed by atoms with E-state index in [1.165, 1.54) is 12.0 Å². The minimum Gasteiger partial charge on any atom is -0.378 e. The lowest BCUT2D eigenvalue weighted by atomic mass is 9.94. The monoisotopic (exact) mass is 310 g/mol. The molecule has 2 N–H and O–H groups in total. The number of rotatable bonds is 3. The molecule has 0 spiro atoms. The van der Waals surface area contributed by atoms with E-state index in [0.717, 1.165) is 19.4 Å². The fourth-order valence-corrected chi connectivity index (χ4v) is 3.25. The highest BCUT2D eigenvalue weighted by Crippen LogP contribution is 2.34. The summed E-state index contributed by atoms with van der Waals surface area (Å²) in [6.07, 6.45) is 3.40. The van der Waals surface area contributed by atoms with E-state index in [0.29, 0.717) is 19.1 Å². The zero-order chi connectivity index (χ0) is 13.8. The van der Waals surface area contributed by atoms with Crippen LogP contribution in [0.25, 0.3) is 0 Å². The molecule has 3 unspecified atom stereocenters. The number of hydrogen-bond donors (Lipinski definition) is 2. The number of morpholine rings is 1. The van der Waals surface area contributed by atoms with Crippen molar-refractivity contribution in [2.24, 2.45) is 0 Å². The van der Waals surface area contributed by atoms with Crippen LogP contribution in [0.2, 0.25) is 0 Å². The maximum atomic E-state index is 12.3. The maximum Gasteiger partial charge on any atom is 0.239 e. The van der Waals surface area contributed by atoms with Crippen molar-refractivity contribution in [1.29, 1.82) is 0 Å². The van der Waals surface area contributed by atoms with Gasteiger partial charge in [0.25, 0.3) is 0 Å². The van der Waals surface area contributed by atoms with Crippen molar-refractivity contribution >= 4 is 18.3 Å². The summed E-state index contributed by atoms with van der Waals surface area (Å²) in [6.45, 7) is 1.93. The van der Waals surface area contributed by atoms with Crippen LogP contribution < -0.4 is 10.6 Å². The second-order valence-electron chi connectivity index (χ2n) is 5.64. The van der Waals surface area contributed by atoms with Crippen LogP contribution in [0.1, 0.15) is 30.7 Å². The van der Waals surface area contributed by atoms with Gasteiger partial charge in [-0.25, -0.2) is 0 Å². The zero-order valence-electron chi connectivity index (χ0n) is 12.1. The van der Waals surface area contributed by atoms with Crippen molar-refractivity contribution < 1.29 is 9.53 Å². The Morgan fingerprint density at radius 1 is 1.24 bits per heavy atom. The quantitative estimate of drug-likeness (QED) is 0.896. The first-order chi connectivity index (χ1) is 9.84. The van der Waals surface area contributed by atoms with Crippen LogP contribution in [0, 0.1) is 0 Å². The Morgan fingerprint density at radius 3 is 2.76 bits per heavy atom. The minimum atomic E-state index is -0.194. The minimum absolute atomic E-state index is 0. The molecule has 1 aromatic carbocycles. The van der Waals surface area contributed by atoms with E-state index in [4.69, 9.17) is 4.74 Å². The lowest BCUT2D eigenvalue weighted by molar-refractivity contribution is -0.126. The first-order valence-electron chi connectivity index (χ1n) is 7.51. The van der Waals surface area contributed by atoms with Crippen LogP contribution in [0.3, 0.4) is 0 Å². The molecule has 0 radical (unpaired) electrons. The summed E-state index contributed by atoms with van der Waals surface area (Å²) in [6, 6.07) is 10.6. The number of amides is 1. The summed E-state index contributed by atoms with van der Waals surface area (Å²) in [5.41, 5.74) is 1.34. The number of ether oxygens (including phenoxy) is 1. The second-order valence-corrected chi connectivity index (χ2v) is 5.64. The smallest absolute Gasteiger partial charge is 0.239 e. The van der Waals surface area contributed by atoms with Crippen molar-refractivity contribution in [2.45, 2.75) is 37.3 Å². The van der Waals surface area contributed by atoms with Crippen molar-refractivity contribution in [2.75, 3.05) is 19.8 Å². The summed E-state index contributed by atoms with van der Waals surface area (Å²) in [5, 5.41) is 6.43. The fourth-order valence-electron chi connectivity index (χ4n) is 3.25. The zero-order valence-corrected chi connectivity index (χ0v) is 12.9. The molecular weight excluding hydrogens is 288 g/mol. The third-order valence-corrected chi connectivity index (χ3v) is 4.31. The van der Waals surface area contributed by atoms with Gasteiger partial charge in [0.15, 0.2) is 0 Å². The molecule has 21 heavy (non-hydrogen) atoms. The number of halogens is 1. The molecule has 2 fully saturated rings. The number of carbonyl (C=O) groups is 1. The molecule has 0 aromatic heterocycles. The Morgan fingerprint density at radius 2 is 2.05 bits per heavy atom. The fraction of sp³-hybridized carbons (Fsp3) is 0.562. The van der Waals surface area contributed by atoms with E-state index in [1.54, 1.807) is 0 Å². The van der Waals surface area contributed by atoms with Gasteiger partial charge < -0.3 is 15.4 Å². The maximum absolute atomic E-state index is 12.3. The Bertz CT molecular complexity index is 449. The summed E-state index contributed by atoms with van der Waals surface area (Å²) in [4.78, 5) is 12.3. The lowest BCUT2D eigenvalue weighted by Crippen LogP contribution is -2.53. The molecule has 1 amide bonds. The molecule has 1 saturated carbocycles. The van der Waals surface area contributed by atoms with Gasteiger partial charge in [-0.3, -0.25) is 4.79 Å². The SMILES string of the molecule is Cl.O=C(NC1CCCC1c1ccccc1)C1COCCN1. The predicted octanol–water partition coefficient (Wildman–Crippen LogP) is 1.85. The van der Waals surface area contributed by atoms with Gasteiger partial charge in [-0.15, -0.1) is 12.4 Å². The van der Waals surface area contributed by atoms with Crippen molar-refractivity contribution in [3.63, 3.8) is 0 Å². The van der Waals surface area contributed by atoms with Gasteiger partial charge >= 0.3 is 0 Å². The second kappa shape index (κ2) is 7.78. The molecule has 2 aliphatic rings. The topological polar surface area (TPSA) is 50.4 Å². The van der Waals surface area contributed by atoms with Crippen LogP contribution in [-0.2, 0) is 9.53 Å². The molecule has 1 aliphatic carbocycles. The van der Waals surface area contributed by atoms with Gasteiger partial charge in [0, 0.05) is 18.5 Å². The van der Waals surface area contributed by atoms with Crippen molar-refractivity contribution in [1.82, 2.24) is 10.6 Å². The van der Waals surface area contributed by atoms with E-state index < -0.39 is 0 Å². The molecule has 1 aliphatic heterocycles. The highest BCUT2D eigenvalue weighted by molar-refractivity contribution is 5.85. The van der Waals surface area contributed by atoms with Gasteiger partial charge in [0.2, 0.25) is 5.91 Å². The van der Waals surface area contributed by atoms with Crippen molar-refractivity contribution in [3.8, 4) is 0 Å². The van der Waals surface area contributed by atoms with E-state index in [-0.39, 0.29) is 30.4 Å². The van der Waals surface area contributed by atoms with E-state index >= 15 is 0 Å². The Hall–Kier alpha value is -1.10. The normalized spacial score (nSPS) is 28.7. The molecule has 5 heteroatoms. The van der Waals surface area contributed by atoms with E-state index in [1.807, 2.05) is 6.07 Å². The highest BCUT2D eigenvalue weighted by atomic mass is 35.5. The van der Waals surface area contributed by atoms with Crippen molar-refractivity contribution in [3.05, 3.63) is 35.9 Å². The third kappa shape index (κ3) is 3.96. The first kappa shape index (κ1) is 16.3. The molecule has 116 valence electrons. The van der Waals surface area contributed by atoms with Gasteiger partial charge in [-0.05, 0) is 18.4 Å². The van der Waals surface area contributed by atoms with Crippen LogP contribution in [0.15, 0.2) is 30.3 Å². The summed E-state index contributed by atoms with van der Waals surface area (Å²) < 4.78 is 5.36. The van der Waals surface area contributed by atoms with E-state index in [2.05, 4.69) is 34.9 Å². The molecular formula is C16H23ClN2O2. The number of benzene rings is 1. The average Bonchev–Trinajstić information content (AvgIpc) is 2.97. The van der Waals surface area contributed by atoms with Gasteiger partial charge in [-0.2, -0.15) is 0 Å². The average molecular weight is 311 g/mol.